The fraction of sp³-hybridized carbons (Fsp3) is 0.481. The van der Waals surface area contributed by atoms with Crippen LogP contribution in [-0.4, -0.2) is 64.7 Å². The Morgan fingerprint density at radius 2 is 1.76 bits per heavy atom. The molecule has 10 heteroatoms. The van der Waals surface area contributed by atoms with Gasteiger partial charge >= 0.3 is 0 Å². The molecule has 2 aromatic rings. The lowest BCUT2D eigenvalue weighted by atomic mass is 10.1. The van der Waals surface area contributed by atoms with Crippen LogP contribution in [0.5, 0.6) is 11.5 Å². The summed E-state index contributed by atoms with van der Waals surface area (Å²) in [5.74, 6) is 0.186. The molecular weight excluding hydrogens is 494 g/mol. The SMILES string of the molecule is CC[C@@H](C(=O)NCC(C)C)N(Cc1cccc(C)c1)C(=O)CN(c1ccc(OC)cc1OC)S(C)(=O)=O. The van der Waals surface area contributed by atoms with Gasteiger partial charge in [-0.15, -0.1) is 0 Å². The maximum Gasteiger partial charge on any atom is 0.244 e. The molecule has 0 bridgehead atoms. The second kappa shape index (κ2) is 13.3. The van der Waals surface area contributed by atoms with Gasteiger partial charge in [0.1, 0.15) is 24.1 Å². The summed E-state index contributed by atoms with van der Waals surface area (Å²) >= 11 is 0. The zero-order valence-electron chi connectivity index (χ0n) is 22.8. The average Bonchev–Trinajstić information content (AvgIpc) is 2.84. The molecule has 9 nitrogen and oxygen atoms in total. The van der Waals surface area contributed by atoms with Gasteiger partial charge in [0.05, 0.1) is 26.2 Å². The molecule has 0 heterocycles. The average molecular weight is 534 g/mol. The number of aryl methyl sites for hydroxylation is 1. The number of nitrogens with zero attached hydrogens (tertiary/aromatic N) is 2. The molecule has 1 atom stereocenters. The molecule has 0 aliphatic heterocycles. The summed E-state index contributed by atoms with van der Waals surface area (Å²) in [5.41, 5.74) is 2.06. The number of carbonyl (C=O) groups excluding carboxylic acids is 2. The minimum Gasteiger partial charge on any atom is -0.497 e. The van der Waals surface area contributed by atoms with Gasteiger partial charge in [-0.3, -0.25) is 13.9 Å². The Morgan fingerprint density at radius 3 is 2.30 bits per heavy atom. The summed E-state index contributed by atoms with van der Waals surface area (Å²) in [6.45, 7) is 7.89. The number of methoxy groups -OCH3 is 2. The zero-order chi connectivity index (χ0) is 27.8. The van der Waals surface area contributed by atoms with E-state index in [1.165, 1.54) is 25.2 Å². The van der Waals surface area contributed by atoms with Crippen molar-refractivity contribution in [2.24, 2.45) is 5.92 Å². The van der Waals surface area contributed by atoms with Crippen molar-refractivity contribution >= 4 is 27.5 Å². The van der Waals surface area contributed by atoms with Crippen LogP contribution in [0.1, 0.15) is 38.3 Å². The van der Waals surface area contributed by atoms with E-state index in [1.54, 1.807) is 12.1 Å². The maximum atomic E-state index is 13.8. The quantitative estimate of drug-likeness (QED) is 0.423. The van der Waals surface area contributed by atoms with Crippen molar-refractivity contribution in [3.8, 4) is 11.5 Å². The number of hydrogen-bond acceptors (Lipinski definition) is 6. The standard InChI is InChI=1S/C27H39N3O6S/c1-8-23(27(32)28-16-19(2)3)29(17-21-11-9-10-20(4)14-21)26(31)18-30(37(7,33)34)24-13-12-22(35-5)15-25(24)36-6/h9-15,19,23H,8,16-18H2,1-7H3,(H,28,32)/t23-/m0/s1. The van der Waals surface area contributed by atoms with E-state index in [-0.39, 0.29) is 29.8 Å². The van der Waals surface area contributed by atoms with Crippen molar-refractivity contribution in [2.45, 2.75) is 46.7 Å². The molecule has 204 valence electrons. The highest BCUT2D eigenvalue weighted by Gasteiger charge is 2.32. The van der Waals surface area contributed by atoms with E-state index in [0.29, 0.717) is 18.7 Å². The largest absolute Gasteiger partial charge is 0.497 e. The van der Waals surface area contributed by atoms with Gasteiger partial charge in [0.25, 0.3) is 0 Å². The minimum absolute atomic E-state index is 0.158. The second-order valence-electron chi connectivity index (χ2n) is 9.38. The van der Waals surface area contributed by atoms with E-state index in [9.17, 15) is 18.0 Å². The van der Waals surface area contributed by atoms with Gasteiger partial charge in [-0.25, -0.2) is 8.42 Å². The molecular formula is C27H39N3O6S. The number of carbonyl (C=O) groups is 2. The summed E-state index contributed by atoms with van der Waals surface area (Å²) in [5, 5.41) is 2.91. The number of ether oxygens (including phenoxy) is 2. The van der Waals surface area contributed by atoms with E-state index in [2.05, 4.69) is 5.32 Å². The van der Waals surface area contributed by atoms with Crippen molar-refractivity contribution in [1.82, 2.24) is 10.2 Å². The van der Waals surface area contributed by atoms with Crippen LogP contribution in [0.3, 0.4) is 0 Å². The Labute approximate surface area is 220 Å². The molecule has 2 rings (SSSR count). The van der Waals surface area contributed by atoms with Crippen LogP contribution in [-0.2, 0) is 26.2 Å². The smallest absolute Gasteiger partial charge is 0.244 e. The minimum atomic E-state index is -3.89. The Balaban J connectivity index is 2.49. The number of hydrogen-bond donors (Lipinski definition) is 1. The Hall–Kier alpha value is -3.27. The summed E-state index contributed by atoms with van der Waals surface area (Å²) in [7, 11) is -0.984. The van der Waals surface area contributed by atoms with Crippen LogP contribution in [0, 0.1) is 12.8 Å². The molecule has 0 aromatic heterocycles. The van der Waals surface area contributed by atoms with E-state index in [4.69, 9.17) is 9.47 Å². The third-order valence-electron chi connectivity index (χ3n) is 5.84. The Kier molecular flexibility index (Phi) is 10.8. The molecule has 0 spiro atoms. The van der Waals surface area contributed by atoms with Crippen LogP contribution in [0.15, 0.2) is 42.5 Å². The van der Waals surface area contributed by atoms with Gasteiger partial charge in [-0.05, 0) is 37.0 Å². The molecule has 0 aliphatic carbocycles. The van der Waals surface area contributed by atoms with E-state index in [0.717, 1.165) is 21.7 Å². The van der Waals surface area contributed by atoms with Crippen molar-refractivity contribution in [2.75, 3.05) is 37.9 Å². The maximum absolute atomic E-state index is 13.8. The predicted molar refractivity (Wildman–Crippen MR) is 145 cm³/mol. The summed E-state index contributed by atoms with van der Waals surface area (Å²) in [6, 6.07) is 11.6. The van der Waals surface area contributed by atoms with Crippen LogP contribution in [0.4, 0.5) is 5.69 Å². The number of sulfonamides is 1. The Bertz CT molecular complexity index is 1180. The van der Waals surface area contributed by atoms with Crippen LogP contribution < -0.4 is 19.1 Å². The molecule has 0 unspecified atom stereocenters. The number of rotatable bonds is 13. The molecule has 0 aliphatic rings. The first-order valence-corrected chi connectivity index (χ1v) is 14.1. The van der Waals surface area contributed by atoms with Crippen molar-refractivity contribution in [1.29, 1.82) is 0 Å². The fourth-order valence-electron chi connectivity index (χ4n) is 3.93. The highest BCUT2D eigenvalue weighted by atomic mass is 32.2. The molecule has 0 fully saturated rings. The molecule has 37 heavy (non-hydrogen) atoms. The van der Waals surface area contributed by atoms with Gasteiger partial charge in [0.15, 0.2) is 0 Å². The van der Waals surface area contributed by atoms with Gasteiger partial charge in [0, 0.05) is 19.2 Å². The number of amides is 2. The first kappa shape index (κ1) is 30.0. The lowest BCUT2D eigenvalue weighted by molar-refractivity contribution is -0.140. The van der Waals surface area contributed by atoms with Gasteiger partial charge < -0.3 is 19.7 Å². The molecule has 0 saturated carbocycles. The van der Waals surface area contributed by atoms with Crippen LogP contribution >= 0.6 is 0 Å². The van der Waals surface area contributed by atoms with Crippen molar-refractivity contribution in [3.63, 3.8) is 0 Å². The van der Waals surface area contributed by atoms with Gasteiger partial charge in [0.2, 0.25) is 21.8 Å². The lowest BCUT2D eigenvalue weighted by Gasteiger charge is -2.33. The molecule has 2 aromatic carbocycles. The van der Waals surface area contributed by atoms with E-state index < -0.39 is 28.5 Å². The molecule has 0 radical (unpaired) electrons. The fourth-order valence-corrected chi connectivity index (χ4v) is 4.79. The molecule has 1 N–H and O–H groups in total. The summed E-state index contributed by atoms with van der Waals surface area (Å²) in [6.07, 6.45) is 1.40. The topological polar surface area (TPSA) is 105 Å². The first-order valence-electron chi connectivity index (χ1n) is 12.2. The monoisotopic (exact) mass is 533 g/mol. The van der Waals surface area contributed by atoms with Crippen LogP contribution in [0.2, 0.25) is 0 Å². The molecule has 0 saturated heterocycles. The van der Waals surface area contributed by atoms with Gasteiger partial charge in [-0.1, -0.05) is 50.6 Å². The van der Waals surface area contributed by atoms with E-state index in [1.807, 2.05) is 52.0 Å². The first-order chi connectivity index (χ1) is 17.4. The highest BCUT2D eigenvalue weighted by molar-refractivity contribution is 7.92. The third-order valence-corrected chi connectivity index (χ3v) is 6.97. The normalized spacial score (nSPS) is 12.1. The second-order valence-corrected chi connectivity index (χ2v) is 11.3. The number of nitrogens with one attached hydrogen (secondary N) is 1. The number of anilines is 1. The van der Waals surface area contributed by atoms with Crippen molar-refractivity contribution in [3.05, 3.63) is 53.6 Å². The third kappa shape index (κ3) is 8.38. The predicted octanol–water partition coefficient (Wildman–Crippen LogP) is 3.36. The zero-order valence-corrected chi connectivity index (χ0v) is 23.6. The lowest BCUT2D eigenvalue weighted by Crippen LogP contribution is -2.52. The van der Waals surface area contributed by atoms with E-state index >= 15 is 0 Å². The summed E-state index contributed by atoms with van der Waals surface area (Å²) in [4.78, 5) is 28.4. The summed E-state index contributed by atoms with van der Waals surface area (Å²) < 4.78 is 37.3. The van der Waals surface area contributed by atoms with Crippen molar-refractivity contribution < 1.29 is 27.5 Å². The molecule has 2 amide bonds. The van der Waals surface area contributed by atoms with Crippen LogP contribution in [0.25, 0.3) is 0 Å². The van der Waals surface area contributed by atoms with Gasteiger partial charge in [-0.2, -0.15) is 0 Å². The number of benzene rings is 2. The highest BCUT2D eigenvalue weighted by Crippen LogP contribution is 2.33. The Morgan fingerprint density at radius 1 is 1.05 bits per heavy atom.